The van der Waals surface area contributed by atoms with Crippen molar-refractivity contribution < 1.29 is 19.2 Å². The molecule has 0 aliphatic rings. The molecular formula is C16H12ClNO5S. The van der Waals surface area contributed by atoms with E-state index in [1.807, 2.05) is 0 Å². The number of nitro benzene ring substituents is 1. The Morgan fingerprint density at radius 3 is 2.46 bits per heavy atom. The summed E-state index contributed by atoms with van der Waals surface area (Å²) in [6.07, 6.45) is 0. The predicted octanol–water partition coefficient (Wildman–Crippen LogP) is 4.15. The average molecular weight is 366 g/mol. The van der Waals surface area contributed by atoms with Gasteiger partial charge in [-0.15, -0.1) is 0 Å². The summed E-state index contributed by atoms with van der Waals surface area (Å²) in [4.78, 5) is 34.7. The van der Waals surface area contributed by atoms with Crippen molar-refractivity contribution in [2.24, 2.45) is 0 Å². The molecule has 24 heavy (non-hydrogen) atoms. The zero-order chi connectivity index (χ0) is 17.7. The SMILES string of the molecule is CC(=O)COC(=O)c1cc([N+](=O)[O-])ccc1Sc1ccc(Cl)cc1. The molecule has 0 radical (unpaired) electrons. The van der Waals surface area contributed by atoms with Gasteiger partial charge in [0.05, 0.1) is 10.5 Å². The van der Waals surface area contributed by atoms with Crippen LogP contribution in [0.1, 0.15) is 17.3 Å². The van der Waals surface area contributed by atoms with Gasteiger partial charge < -0.3 is 4.74 Å². The molecule has 0 spiro atoms. The van der Waals surface area contributed by atoms with Crippen LogP contribution in [-0.4, -0.2) is 23.3 Å². The fourth-order valence-electron chi connectivity index (χ4n) is 1.75. The molecule has 0 amide bonds. The van der Waals surface area contributed by atoms with Gasteiger partial charge in [0, 0.05) is 26.9 Å². The van der Waals surface area contributed by atoms with Crippen LogP contribution in [0.4, 0.5) is 5.69 Å². The fraction of sp³-hybridized carbons (Fsp3) is 0.125. The number of carbonyl (C=O) groups is 2. The number of rotatable bonds is 6. The Morgan fingerprint density at radius 2 is 1.88 bits per heavy atom. The van der Waals surface area contributed by atoms with Gasteiger partial charge in [-0.1, -0.05) is 23.4 Å². The van der Waals surface area contributed by atoms with E-state index in [0.29, 0.717) is 9.92 Å². The van der Waals surface area contributed by atoms with Gasteiger partial charge in [0.15, 0.2) is 5.78 Å². The summed E-state index contributed by atoms with van der Waals surface area (Å²) in [6, 6.07) is 10.8. The summed E-state index contributed by atoms with van der Waals surface area (Å²) in [5.74, 6) is -1.11. The summed E-state index contributed by atoms with van der Waals surface area (Å²) in [6.45, 7) is 0.899. The highest BCUT2D eigenvalue weighted by atomic mass is 35.5. The van der Waals surface area contributed by atoms with Crippen molar-refractivity contribution in [2.75, 3.05) is 6.61 Å². The lowest BCUT2D eigenvalue weighted by atomic mass is 10.2. The average Bonchev–Trinajstić information content (AvgIpc) is 2.54. The Morgan fingerprint density at radius 1 is 1.21 bits per heavy atom. The van der Waals surface area contributed by atoms with Gasteiger partial charge in [0.25, 0.3) is 5.69 Å². The van der Waals surface area contributed by atoms with Crippen molar-refractivity contribution in [3.63, 3.8) is 0 Å². The molecule has 0 heterocycles. The maximum atomic E-state index is 12.2. The van der Waals surface area contributed by atoms with Gasteiger partial charge in [0.2, 0.25) is 0 Å². The summed E-state index contributed by atoms with van der Waals surface area (Å²) < 4.78 is 4.88. The smallest absolute Gasteiger partial charge is 0.339 e. The molecule has 0 aliphatic heterocycles. The molecule has 2 aromatic rings. The number of ether oxygens (including phenoxy) is 1. The third-order valence-electron chi connectivity index (χ3n) is 2.84. The van der Waals surface area contributed by atoms with Crippen molar-refractivity contribution in [1.82, 2.24) is 0 Å². The maximum Gasteiger partial charge on any atom is 0.339 e. The Hall–Kier alpha value is -2.38. The maximum absolute atomic E-state index is 12.2. The number of esters is 1. The van der Waals surface area contributed by atoms with Gasteiger partial charge in [-0.3, -0.25) is 14.9 Å². The predicted molar refractivity (Wildman–Crippen MR) is 89.6 cm³/mol. The van der Waals surface area contributed by atoms with Gasteiger partial charge >= 0.3 is 5.97 Å². The summed E-state index contributed by atoms with van der Waals surface area (Å²) in [5.41, 5.74) is -0.198. The summed E-state index contributed by atoms with van der Waals surface area (Å²) in [7, 11) is 0. The lowest BCUT2D eigenvalue weighted by molar-refractivity contribution is -0.384. The van der Waals surface area contributed by atoms with Gasteiger partial charge in [-0.25, -0.2) is 4.79 Å². The second-order valence-electron chi connectivity index (χ2n) is 4.77. The van der Waals surface area contributed by atoms with Crippen LogP contribution in [0.3, 0.4) is 0 Å². The molecule has 6 nitrogen and oxygen atoms in total. The van der Waals surface area contributed by atoms with Gasteiger partial charge in [-0.05, 0) is 37.3 Å². The Labute approximate surface area is 146 Å². The van der Waals surface area contributed by atoms with E-state index in [4.69, 9.17) is 16.3 Å². The second-order valence-corrected chi connectivity index (χ2v) is 6.32. The topological polar surface area (TPSA) is 86.5 Å². The quantitative estimate of drug-likeness (QED) is 0.434. The number of non-ortho nitro benzene ring substituents is 1. The third kappa shape index (κ3) is 4.81. The number of hydrogen-bond acceptors (Lipinski definition) is 6. The number of Topliss-reactive ketones (excluding diaryl/α,β-unsaturated/α-hetero) is 1. The molecule has 0 unspecified atom stereocenters. The minimum Gasteiger partial charge on any atom is -0.454 e. The first-order valence-electron chi connectivity index (χ1n) is 6.75. The largest absolute Gasteiger partial charge is 0.454 e. The third-order valence-corrected chi connectivity index (χ3v) is 4.18. The fourth-order valence-corrected chi connectivity index (χ4v) is 2.79. The van der Waals surface area contributed by atoms with Crippen LogP contribution < -0.4 is 0 Å². The molecule has 0 aromatic heterocycles. The highest BCUT2D eigenvalue weighted by Crippen LogP contribution is 2.33. The van der Waals surface area contributed by atoms with Crippen LogP contribution in [0.2, 0.25) is 5.02 Å². The van der Waals surface area contributed by atoms with Crippen molar-refractivity contribution in [1.29, 1.82) is 0 Å². The number of benzene rings is 2. The van der Waals surface area contributed by atoms with Gasteiger partial charge in [0.1, 0.15) is 6.61 Å². The number of hydrogen-bond donors (Lipinski definition) is 0. The number of nitrogens with zero attached hydrogens (tertiary/aromatic N) is 1. The van der Waals surface area contributed by atoms with E-state index < -0.39 is 10.9 Å². The second kappa shape index (κ2) is 7.94. The summed E-state index contributed by atoms with van der Waals surface area (Å²) in [5, 5.41) is 11.5. The van der Waals surface area contributed by atoms with E-state index in [9.17, 15) is 19.7 Å². The van der Waals surface area contributed by atoms with Crippen molar-refractivity contribution in [3.8, 4) is 0 Å². The molecule has 8 heteroatoms. The number of halogens is 1. The molecular weight excluding hydrogens is 354 g/mol. The van der Waals surface area contributed by atoms with E-state index in [0.717, 1.165) is 11.0 Å². The number of carbonyl (C=O) groups excluding carboxylic acids is 2. The molecule has 0 bridgehead atoms. The molecule has 0 aliphatic carbocycles. The van der Waals surface area contributed by atoms with Gasteiger partial charge in [-0.2, -0.15) is 0 Å². The zero-order valence-corrected chi connectivity index (χ0v) is 14.1. The Kier molecular flexibility index (Phi) is 5.94. The summed E-state index contributed by atoms with van der Waals surface area (Å²) >= 11 is 7.07. The first-order chi connectivity index (χ1) is 11.4. The molecule has 0 saturated carbocycles. The minimum absolute atomic E-state index is 0.0328. The number of ketones is 1. The van der Waals surface area contributed by atoms with Crippen LogP contribution >= 0.6 is 23.4 Å². The molecule has 0 atom stereocenters. The standard InChI is InChI=1S/C16H12ClNO5S/c1-10(19)9-23-16(20)14-8-12(18(21)22)4-7-15(14)24-13-5-2-11(17)3-6-13/h2-8H,9H2,1H3. The van der Waals surface area contributed by atoms with Crippen molar-refractivity contribution in [2.45, 2.75) is 16.7 Å². The van der Waals surface area contributed by atoms with E-state index in [2.05, 4.69) is 0 Å². The highest BCUT2D eigenvalue weighted by Gasteiger charge is 2.19. The zero-order valence-electron chi connectivity index (χ0n) is 12.5. The highest BCUT2D eigenvalue weighted by molar-refractivity contribution is 7.99. The molecule has 2 aromatic carbocycles. The first-order valence-corrected chi connectivity index (χ1v) is 7.94. The molecule has 2 rings (SSSR count). The van der Waals surface area contributed by atoms with Crippen LogP contribution in [0, 0.1) is 10.1 Å². The minimum atomic E-state index is -0.787. The first kappa shape index (κ1) is 18.0. The van der Waals surface area contributed by atoms with E-state index >= 15 is 0 Å². The lowest BCUT2D eigenvalue weighted by Crippen LogP contribution is -2.12. The Bertz CT molecular complexity index is 792. The molecule has 0 N–H and O–H groups in total. The van der Waals surface area contributed by atoms with Crippen LogP contribution in [0.5, 0.6) is 0 Å². The van der Waals surface area contributed by atoms with Crippen LogP contribution in [0.25, 0.3) is 0 Å². The van der Waals surface area contributed by atoms with Crippen LogP contribution in [-0.2, 0) is 9.53 Å². The molecule has 124 valence electrons. The molecule has 0 fully saturated rings. The van der Waals surface area contributed by atoms with E-state index in [-0.39, 0.29) is 23.6 Å². The van der Waals surface area contributed by atoms with Crippen molar-refractivity contribution in [3.05, 3.63) is 63.2 Å². The van der Waals surface area contributed by atoms with E-state index in [1.54, 1.807) is 24.3 Å². The monoisotopic (exact) mass is 365 g/mol. The Balaban J connectivity index is 2.34. The van der Waals surface area contributed by atoms with E-state index in [1.165, 1.54) is 30.8 Å². The normalized spacial score (nSPS) is 10.2. The van der Waals surface area contributed by atoms with Crippen LogP contribution in [0.15, 0.2) is 52.3 Å². The lowest BCUT2D eigenvalue weighted by Gasteiger charge is -2.09. The molecule has 0 saturated heterocycles. The number of nitro groups is 1. The van der Waals surface area contributed by atoms with Crippen molar-refractivity contribution >= 4 is 40.8 Å².